The largest absolute Gasteiger partial charge is 0.492 e. The van der Waals surface area contributed by atoms with E-state index < -0.39 is 0 Å². The van der Waals surface area contributed by atoms with E-state index in [1.54, 1.807) is 0 Å². The smallest absolute Gasteiger partial charge is 0.121 e. The molecule has 2 rings (SSSR count). The van der Waals surface area contributed by atoms with Crippen LogP contribution in [0.3, 0.4) is 0 Å². The quantitative estimate of drug-likeness (QED) is 0.789. The molecule has 19 heavy (non-hydrogen) atoms. The first-order valence-electron chi connectivity index (χ1n) is 7.27. The van der Waals surface area contributed by atoms with Gasteiger partial charge in [0.1, 0.15) is 12.4 Å². The normalized spacial score (nSPS) is 16.3. The van der Waals surface area contributed by atoms with Crippen molar-refractivity contribution in [2.75, 3.05) is 44.6 Å². The molecule has 0 radical (unpaired) electrons. The van der Waals surface area contributed by atoms with Crippen molar-refractivity contribution >= 4 is 5.69 Å². The van der Waals surface area contributed by atoms with Crippen LogP contribution >= 0.6 is 0 Å². The standard InChI is InChI=1S/C15H25N3O/c16-7-8-17-14-5-4-6-15(13-14)19-12-11-18-9-2-1-3-10-18/h4-6,13,17H,1-3,7-12,16H2. The van der Waals surface area contributed by atoms with Gasteiger partial charge in [-0.1, -0.05) is 12.5 Å². The first-order valence-corrected chi connectivity index (χ1v) is 7.27. The first kappa shape index (κ1) is 14.2. The van der Waals surface area contributed by atoms with Crippen LogP contribution in [-0.2, 0) is 0 Å². The van der Waals surface area contributed by atoms with E-state index in [1.807, 2.05) is 24.3 Å². The Bertz CT molecular complexity index is 364. The molecule has 1 aromatic rings. The van der Waals surface area contributed by atoms with Crippen molar-refractivity contribution in [3.63, 3.8) is 0 Å². The van der Waals surface area contributed by atoms with Gasteiger partial charge in [-0.05, 0) is 38.1 Å². The summed E-state index contributed by atoms with van der Waals surface area (Å²) in [4.78, 5) is 2.49. The van der Waals surface area contributed by atoms with Crippen LogP contribution in [-0.4, -0.2) is 44.2 Å². The molecule has 1 aliphatic heterocycles. The monoisotopic (exact) mass is 263 g/mol. The number of rotatable bonds is 7. The van der Waals surface area contributed by atoms with Gasteiger partial charge in [0.05, 0.1) is 0 Å². The highest BCUT2D eigenvalue weighted by Crippen LogP contribution is 2.17. The predicted molar refractivity (Wildman–Crippen MR) is 79.8 cm³/mol. The fourth-order valence-corrected chi connectivity index (χ4v) is 2.39. The van der Waals surface area contributed by atoms with E-state index in [-0.39, 0.29) is 0 Å². The van der Waals surface area contributed by atoms with Crippen LogP contribution in [0.25, 0.3) is 0 Å². The lowest BCUT2D eigenvalue weighted by Gasteiger charge is -2.26. The van der Waals surface area contributed by atoms with E-state index in [0.29, 0.717) is 6.54 Å². The third-order valence-electron chi connectivity index (χ3n) is 3.43. The summed E-state index contributed by atoms with van der Waals surface area (Å²) in [5, 5.41) is 3.26. The fourth-order valence-electron chi connectivity index (χ4n) is 2.39. The number of nitrogens with two attached hydrogens (primary N) is 1. The summed E-state index contributed by atoms with van der Waals surface area (Å²) in [5.74, 6) is 0.930. The maximum atomic E-state index is 5.82. The lowest BCUT2D eigenvalue weighted by molar-refractivity contribution is 0.183. The highest BCUT2D eigenvalue weighted by molar-refractivity contribution is 5.48. The van der Waals surface area contributed by atoms with Crippen LogP contribution in [0.5, 0.6) is 5.75 Å². The van der Waals surface area contributed by atoms with E-state index in [0.717, 1.165) is 31.1 Å². The minimum Gasteiger partial charge on any atom is -0.492 e. The van der Waals surface area contributed by atoms with Gasteiger partial charge >= 0.3 is 0 Å². The van der Waals surface area contributed by atoms with Gasteiger partial charge in [-0.3, -0.25) is 4.90 Å². The minimum absolute atomic E-state index is 0.639. The van der Waals surface area contributed by atoms with Crippen molar-refractivity contribution in [1.29, 1.82) is 0 Å². The number of anilines is 1. The number of likely N-dealkylation sites (tertiary alicyclic amines) is 1. The molecule has 1 fully saturated rings. The zero-order valence-electron chi connectivity index (χ0n) is 11.6. The van der Waals surface area contributed by atoms with Crippen molar-refractivity contribution in [3.05, 3.63) is 24.3 Å². The molecular formula is C15H25N3O. The third-order valence-corrected chi connectivity index (χ3v) is 3.43. The molecule has 0 unspecified atom stereocenters. The average molecular weight is 263 g/mol. The van der Waals surface area contributed by atoms with Gasteiger partial charge in [0, 0.05) is 31.4 Å². The van der Waals surface area contributed by atoms with E-state index in [9.17, 15) is 0 Å². The van der Waals surface area contributed by atoms with Gasteiger partial charge in [-0.2, -0.15) is 0 Å². The van der Waals surface area contributed by atoms with Crippen LogP contribution in [0.1, 0.15) is 19.3 Å². The van der Waals surface area contributed by atoms with Gasteiger partial charge in [0.15, 0.2) is 0 Å². The Morgan fingerprint density at radius 1 is 1.21 bits per heavy atom. The number of piperidine rings is 1. The number of hydrogen-bond acceptors (Lipinski definition) is 4. The third kappa shape index (κ3) is 5.09. The number of nitrogens with zero attached hydrogens (tertiary/aromatic N) is 1. The van der Waals surface area contributed by atoms with Crippen molar-refractivity contribution in [2.24, 2.45) is 5.73 Å². The van der Waals surface area contributed by atoms with E-state index in [4.69, 9.17) is 10.5 Å². The SMILES string of the molecule is NCCNc1cccc(OCCN2CCCCC2)c1. The second-order valence-electron chi connectivity index (χ2n) is 4.99. The second kappa shape index (κ2) is 8.02. The van der Waals surface area contributed by atoms with Crippen molar-refractivity contribution in [1.82, 2.24) is 4.90 Å². The van der Waals surface area contributed by atoms with Crippen LogP contribution in [0, 0.1) is 0 Å². The summed E-state index contributed by atoms with van der Waals surface area (Å²) < 4.78 is 5.82. The molecule has 4 heteroatoms. The molecule has 3 N–H and O–H groups in total. The maximum Gasteiger partial charge on any atom is 0.121 e. The molecule has 106 valence electrons. The van der Waals surface area contributed by atoms with E-state index in [2.05, 4.69) is 10.2 Å². The molecule has 4 nitrogen and oxygen atoms in total. The van der Waals surface area contributed by atoms with Crippen molar-refractivity contribution in [3.8, 4) is 5.75 Å². The second-order valence-corrected chi connectivity index (χ2v) is 4.99. The molecule has 0 bridgehead atoms. The summed E-state index contributed by atoms with van der Waals surface area (Å²) in [6.45, 7) is 5.67. The zero-order valence-corrected chi connectivity index (χ0v) is 11.6. The lowest BCUT2D eigenvalue weighted by atomic mass is 10.1. The Labute approximate surface area is 115 Å². The maximum absolute atomic E-state index is 5.82. The Morgan fingerprint density at radius 3 is 2.84 bits per heavy atom. The number of benzene rings is 1. The summed E-state index contributed by atoms with van der Waals surface area (Å²) in [6, 6.07) is 8.08. The molecule has 0 atom stereocenters. The lowest BCUT2D eigenvalue weighted by Crippen LogP contribution is -2.33. The molecule has 0 aliphatic carbocycles. The Hall–Kier alpha value is -1.26. The van der Waals surface area contributed by atoms with Crippen LogP contribution in [0.2, 0.25) is 0 Å². The van der Waals surface area contributed by atoms with Gasteiger partial charge in [-0.25, -0.2) is 0 Å². The first-order chi connectivity index (χ1) is 9.38. The Balaban J connectivity index is 1.72. The Morgan fingerprint density at radius 2 is 2.05 bits per heavy atom. The van der Waals surface area contributed by atoms with Gasteiger partial charge in [-0.15, -0.1) is 0 Å². The summed E-state index contributed by atoms with van der Waals surface area (Å²) in [6.07, 6.45) is 4.04. The molecule has 1 aliphatic rings. The topological polar surface area (TPSA) is 50.5 Å². The van der Waals surface area contributed by atoms with Crippen molar-refractivity contribution in [2.45, 2.75) is 19.3 Å². The number of nitrogens with one attached hydrogen (secondary N) is 1. The van der Waals surface area contributed by atoms with Crippen LogP contribution in [0.4, 0.5) is 5.69 Å². The van der Waals surface area contributed by atoms with E-state index >= 15 is 0 Å². The van der Waals surface area contributed by atoms with Crippen molar-refractivity contribution < 1.29 is 4.74 Å². The molecule has 0 amide bonds. The fraction of sp³-hybridized carbons (Fsp3) is 0.600. The molecule has 1 aromatic carbocycles. The van der Waals surface area contributed by atoms with Crippen LogP contribution in [0.15, 0.2) is 24.3 Å². The summed E-state index contributed by atoms with van der Waals surface area (Å²) in [5.41, 5.74) is 6.55. The highest BCUT2D eigenvalue weighted by Gasteiger charge is 2.09. The van der Waals surface area contributed by atoms with Gasteiger partial charge in [0.25, 0.3) is 0 Å². The Kier molecular flexibility index (Phi) is 5.98. The average Bonchev–Trinajstić information content (AvgIpc) is 2.47. The zero-order chi connectivity index (χ0) is 13.3. The van der Waals surface area contributed by atoms with E-state index in [1.165, 1.54) is 32.4 Å². The van der Waals surface area contributed by atoms with Crippen LogP contribution < -0.4 is 15.8 Å². The molecule has 0 spiro atoms. The molecule has 0 aromatic heterocycles. The number of ether oxygens (including phenoxy) is 1. The minimum atomic E-state index is 0.639. The molecule has 1 heterocycles. The van der Waals surface area contributed by atoms with Gasteiger partial charge < -0.3 is 15.8 Å². The highest BCUT2D eigenvalue weighted by atomic mass is 16.5. The molecular weight excluding hydrogens is 238 g/mol. The summed E-state index contributed by atoms with van der Waals surface area (Å²) in [7, 11) is 0. The molecule has 0 saturated carbocycles. The molecule has 1 saturated heterocycles. The van der Waals surface area contributed by atoms with Gasteiger partial charge in [0.2, 0.25) is 0 Å². The number of hydrogen-bond donors (Lipinski definition) is 2. The predicted octanol–water partition coefficient (Wildman–Crippen LogP) is 1.92. The summed E-state index contributed by atoms with van der Waals surface area (Å²) >= 11 is 0.